The van der Waals surface area contributed by atoms with Crippen molar-refractivity contribution in [2.24, 2.45) is 0 Å². The number of aromatic nitrogens is 16. The summed E-state index contributed by atoms with van der Waals surface area (Å²) in [5.41, 5.74) is 31.4. The van der Waals surface area contributed by atoms with E-state index in [0.29, 0.717) is 0 Å². The fourth-order valence-corrected chi connectivity index (χ4v) is 11.8. The maximum atomic E-state index is 4.63. The van der Waals surface area contributed by atoms with Crippen molar-refractivity contribution in [3.05, 3.63) is 285 Å². The van der Waals surface area contributed by atoms with Gasteiger partial charge in [0.2, 0.25) is 0 Å². The average Bonchev–Trinajstić information content (AvgIpc) is 1.72. The predicted molar refractivity (Wildman–Crippen MR) is 457 cm³/mol. The maximum absolute atomic E-state index is 4.63. The van der Waals surface area contributed by atoms with E-state index in [2.05, 4.69) is 177 Å². The lowest BCUT2D eigenvalue weighted by atomic mass is 10.3. The molecule has 488 valence electrons. The normalized spacial score (nSPS) is 12.2. The van der Waals surface area contributed by atoms with Gasteiger partial charge in [-0.15, -0.1) is 95.9 Å². The molecule has 32 bridgehead atoms. The molecule has 0 aliphatic carbocycles. The van der Waals surface area contributed by atoms with E-state index in [1.165, 1.54) is 0 Å². The van der Waals surface area contributed by atoms with Crippen LogP contribution in [-0.2, 0) is 0 Å². The number of fused-ring (bicyclic) bond motifs is 32. The van der Waals surface area contributed by atoms with Crippen molar-refractivity contribution in [2.75, 3.05) is 0 Å². The van der Waals surface area contributed by atoms with E-state index in [1.54, 1.807) is 0 Å². The number of nitrogens with one attached hydrogen (secondary N) is 8. The third-order valence-corrected chi connectivity index (χ3v) is 16.2. The largest absolute Gasteiger partial charge is 0.355 e. The van der Waals surface area contributed by atoms with Crippen LogP contribution < -0.4 is 0 Å². The van der Waals surface area contributed by atoms with E-state index >= 15 is 0 Å². The SMILES string of the molecule is C1=Cc2cc3ccc(cc4nc(cc5ccc(cc1n2)[nH]5)C=C4)[nH]3.C1=Cc2cc3ccc(cc4nc(cc5ccc(cc1n2)[nH]5)C=C4)[nH]3.C1=Cc2cc3ccc(cc4nc(cc5ccc(cc1n2)[nH]5)C=C4)[nH]3.C1=Cc2cc3ccc(cc4nc(cc5ccc(cc1n2)[nH]5)C=C4)[nH]3.I.I.I.I. The molecule has 8 aliphatic rings. The highest BCUT2D eigenvalue weighted by atomic mass is 127. The molecular formula is C80H60I4N16. The van der Waals surface area contributed by atoms with Crippen LogP contribution in [0.4, 0.5) is 0 Å². The first-order valence-corrected chi connectivity index (χ1v) is 31.4. The highest BCUT2D eigenvalue weighted by Gasteiger charge is 2.07. The van der Waals surface area contributed by atoms with Crippen LogP contribution in [-0.4, -0.2) is 79.7 Å². The summed E-state index contributed by atoms with van der Waals surface area (Å²) in [4.78, 5) is 64.1. The highest BCUT2D eigenvalue weighted by Crippen LogP contribution is 2.23. The fraction of sp³-hybridized carbons (Fsp3) is 0. The van der Waals surface area contributed by atoms with Gasteiger partial charge in [-0.05, 0) is 291 Å². The number of nitrogens with zero attached hydrogens (tertiary/aromatic N) is 8. The van der Waals surface area contributed by atoms with Gasteiger partial charge >= 0.3 is 0 Å². The zero-order valence-electron chi connectivity index (χ0n) is 52.9. The number of rotatable bonds is 0. The Morgan fingerprint density at radius 3 is 0.260 bits per heavy atom. The Balaban J connectivity index is 0.000000118. The molecule has 0 fully saturated rings. The summed E-state index contributed by atoms with van der Waals surface area (Å²) in [6.07, 6.45) is 32.4. The van der Waals surface area contributed by atoms with Gasteiger partial charge in [-0.3, -0.25) is 0 Å². The van der Waals surface area contributed by atoms with Crippen LogP contribution in [0.3, 0.4) is 0 Å². The van der Waals surface area contributed by atoms with E-state index in [1.807, 2.05) is 194 Å². The van der Waals surface area contributed by atoms with Gasteiger partial charge in [-0.1, -0.05) is 0 Å². The van der Waals surface area contributed by atoms with Gasteiger partial charge in [0.15, 0.2) is 0 Å². The molecule has 20 rings (SSSR count). The van der Waals surface area contributed by atoms with Crippen LogP contribution in [0.1, 0.15) is 91.1 Å². The molecule has 0 atom stereocenters. The zero-order chi connectivity index (χ0) is 63.7. The van der Waals surface area contributed by atoms with Crippen LogP contribution in [0.25, 0.3) is 185 Å². The summed E-state index contributed by atoms with van der Waals surface area (Å²) in [5.74, 6) is 0. The Morgan fingerprint density at radius 1 is 0.120 bits per heavy atom. The summed E-state index contributed by atoms with van der Waals surface area (Å²) >= 11 is 0. The van der Waals surface area contributed by atoms with Crippen LogP contribution in [0.2, 0.25) is 0 Å². The van der Waals surface area contributed by atoms with Crippen molar-refractivity contribution in [3.63, 3.8) is 0 Å². The van der Waals surface area contributed by atoms with Crippen molar-refractivity contribution < 1.29 is 0 Å². The molecule has 100 heavy (non-hydrogen) atoms. The molecule has 16 nitrogen and oxygen atoms in total. The molecular weight excluding hydrogens is 1690 g/mol. The molecule has 0 saturated carbocycles. The molecule has 20 heteroatoms. The molecule has 12 aromatic heterocycles. The Kier molecular flexibility index (Phi) is 20.5. The van der Waals surface area contributed by atoms with E-state index in [9.17, 15) is 0 Å². The van der Waals surface area contributed by atoms with Crippen LogP contribution in [0.15, 0.2) is 194 Å². The average molecular weight is 1750 g/mol. The van der Waals surface area contributed by atoms with E-state index < -0.39 is 0 Å². The van der Waals surface area contributed by atoms with Crippen molar-refractivity contribution in [1.82, 2.24) is 79.7 Å². The first-order chi connectivity index (χ1) is 47.2. The van der Waals surface area contributed by atoms with Crippen molar-refractivity contribution in [3.8, 4) is 0 Å². The smallest absolute Gasteiger partial charge is 0.0658 e. The van der Waals surface area contributed by atoms with Gasteiger partial charge in [0, 0.05) is 88.3 Å². The molecule has 8 aliphatic heterocycles. The van der Waals surface area contributed by atoms with Crippen molar-refractivity contribution in [2.45, 2.75) is 0 Å². The van der Waals surface area contributed by atoms with E-state index in [0.717, 1.165) is 179 Å². The number of H-pyrrole nitrogens is 8. The standard InChI is InChI=1S/4C20H14N4.4HI/c4*1-2-14-10-16-5-6-18(23-16)12-20-8-7-19(24-20)11-17-4-3-15(22-17)9-13(1)21-14;;;;/h4*1-12,21,24H;4*1H. The maximum Gasteiger partial charge on any atom is 0.0658 e. The number of halogens is 4. The molecule has 8 N–H and O–H groups in total. The number of hydrogen-bond acceptors (Lipinski definition) is 8. The zero-order valence-corrected chi connectivity index (χ0v) is 62.2. The summed E-state index contributed by atoms with van der Waals surface area (Å²) < 4.78 is 0. The van der Waals surface area contributed by atoms with Gasteiger partial charge in [-0.25, -0.2) is 39.9 Å². The van der Waals surface area contributed by atoms with Crippen molar-refractivity contribution >= 4 is 281 Å². The van der Waals surface area contributed by atoms with Crippen LogP contribution in [0.5, 0.6) is 0 Å². The fourth-order valence-electron chi connectivity index (χ4n) is 11.8. The lowest BCUT2D eigenvalue weighted by molar-refractivity contribution is 1.31. The van der Waals surface area contributed by atoms with E-state index in [-0.39, 0.29) is 95.9 Å². The minimum atomic E-state index is 0. The van der Waals surface area contributed by atoms with Gasteiger partial charge in [0.1, 0.15) is 0 Å². The second-order valence-electron chi connectivity index (χ2n) is 23.6. The molecule has 20 heterocycles. The first kappa shape index (κ1) is 67.9. The van der Waals surface area contributed by atoms with Crippen molar-refractivity contribution in [1.29, 1.82) is 0 Å². The summed E-state index contributed by atoms with van der Waals surface area (Å²) in [7, 11) is 0. The molecule has 0 spiro atoms. The number of hydrogen-bond donors (Lipinski definition) is 8. The summed E-state index contributed by atoms with van der Waals surface area (Å²) in [6, 6.07) is 65.4. The summed E-state index contributed by atoms with van der Waals surface area (Å²) in [5, 5.41) is 0. The Hall–Kier alpha value is -10.7. The minimum Gasteiger partial charge on any atom is -0.355 e. The molecule has 0 radical (unpaired) electrons. The molecule has 0 unspecified atom stereocenters. The molecule has 0 aromatic carbocycles. The Bertz CT molecular complexity index is 4710. The van der Waals surface area contributed by atoms with Gasteiger partial charge in [-0.2, -0.15) is 0 Å². The predicted octanol–water partition coefficient (Wildman–Crippen LogP) is 21.1. The van der Waals surface area contributed by atoms with Gasteiger partial charge < -0.3 is 39.9 Å². The van der Waals surface area contributed by atoms with Gasteiger partial charge in [0.25, 0.3) is 0 Å². The van der Waals surface area contributed by atoms with Crippen LogP contribution in [0, 0.1) is 0 Å². The summed E-state index contributed by atoms with van der Waals surface area (Å²) in [6.45, 7) is 0. The lowest BCUT2D eigenvalue weighted by Gasteiger charge is -1.85. The molecule has 0 saturated heterocycles. The number of aromatic amines is 8. The monoisotopic (exact) mass is 1750 g/mol. The second-order valence-corrected chi connectivity index (χ2v) is 23.6. The van der Waals surface area contributed by atoms with E-state index in [4.69, 9.17) is 0 Å². The molecule has 0 amide bonds. The Morgan fingerprint density at radius 2 is 0.190 bits per heavy atom. The van der Waals surface area contributed by atoms with Gasteiger partial charge in [0.05, 0.1) is 91.1 Å². The quantitative estimate of drug-likeness (QED) is 0.0679. The second kappa shape index (κ2) is 30.2. The third-order valence-electron chi connectivity index (χ3n) is 16.2. The Labute approximate surface area is 640 Å². The topological polar surface area (TPSA) is 229 Å². The molecule has 12 aromatic rings. The lowest BCUT2D eigenvalue weighted by Crippen LogP contribution is -1.75. The minimum absolute atomic E-state index is 0. The van der Waals surface area contributed by atoms with Crippen LogP contribution >= 0.6 is 95.9 Å². The third kappa shape index (κ3) is 16.7. The highest BCUT2D eigenvalue weighted by molar-refractivity contribution is 14.0. The first-order valence-electron chi connectivity index (χ1n) is 31.4.